The number of hydrogen-bond acceptors (Lipinski definition) is 2. The molecule has 5 heteroatoms. The second-order valence-corrected chi connectivity index (χ2v) is 6.57. The number of nitrogens with zero attached hydrogens (tertiary/aromatic N) is 1. The zero-order valence-corrected chi connectivity index (χ0v) is 11.5. The SMILES string of the molecule is Clc1ccccc1-c1nc(Br)sc1Br. The third kappa shape index (κ3) is 2.03. The molecule has 0 aliphatic carbocycles. The fourth-order valence-electron chi connectivity index (χ4n) is 1.10. The van der Waals surface area contributed by atoms with Crippen LogP contribution >= 0.6 is 54.8 Å². The van der Waals surface area contributed by atoms with Crippen LogP contribution in [0.1, 0.15) is 0 Å². The summed E-state index contributed by atoms with van der Waals surface area (Å²) in [6.45, 7) is 0. The smallest absolute Gasteiger partial charge is 0.160 e. The normalized spacial score (nSPS) is 10.5. The molecule has 1 heterocycles. The van der Waals surface area contributed by atoms with Crippen LogP contribution in [0.2, 0.25) is 5.02 Å². The molecule has 0 atom stereocenters. The summed E-state index contributed by atoms with van der Waals surface area (Å²) in [5.74, 6) is 0. The lowest BCUT2D eigenvalue weighted by Crippen LogP contribution is -1.79. The molecule has 0 spiro atoms. The molecule has 0 N–H and O–H groups in total. The molecule has 0 amide bonds. The second kappa shape index (κ2) is 4.31. The Hall–Kier alpha value is 0.1000. The lowest BCUT2D eigenvalue weighted by atomic mass is 10.2. The lowest BCUT2D eigenvalue weighted by Gasteiger charge is -1.99. The van der Waals surface area contributed by atoms with Crippen LogP contribution in [-0.2, 0) is 0 Å². The molecule has 0 bridgehead atoms. The third-order valence-corrected chi connectivity index (χ3v) is 4.17. The first kappa shape index (κ1) is 10.6. The van der Waals surface area contributed by atoms with E-state index < -0.39 is 0 Å². The lowest BCUT2D eigenvalue weighted by molar-refractivity contribution is 1.36. The number of hydrogen-bond donors (Lipinski definition) is 0. The first-order valence-corrected chi connectivity index (χ1v) is 6.53. The summed E-state index contributed by atoms with van der Waals surface area (Å²) in [7, 11) is 0. The maximum absolute atomic E-state index is 6.07. The Labute approximate surface area is 107 Å². The maximum Gasteiger partial charge on any atom is 0.160 e. The van der Waals surface area contributed by atoms with Gasteiger partial charge in [0.2, 0.25) is 0 Å². The Bertz CT molecular complexity index is 470. The van der Waals surface area contributed by atoms with E-state index in [9.17, 15) is 0 Å². The number of rotatable bonds is 1. The van der Waals surface area contributed by atoms with Crippen molar-refractivity contribution in [1.82, 2.24) is 4.98 Å². The van der Waals surface area contributed by atoms with Crippen LogP contribution in [0.25, 0.3) is 11.3 Å². The van der Waals surface area contributed by atoms with Crippen molar-refractivity contribution in [2.24, 2.45) is 0 Å². The molecule has 1 aromatic heterocycles. The van der Waals surface area contributed by atoms with Gasteiger partial charge in [0, 0.05) is 5.56 Å². The molecule has 0 aliphatic rings. The first-order valence-electron chi connectivity index (χ1n) is 3.75. The van der Waals surface area contributed by atoms with Crippen molar-refractivity contribution in [3.05, 3.63) is 37.0 Å². The summed E-state index contributed by atoms with van der Waals surface area (Å²) in [6.07, 6.45) is 0. The van der Waals surface area contributed by atoms with Crippen LogP contribution in [0.4, 0.5) is 0 Å². The van der Waals surface area contributed by atoms with Gasteiger partial charge in [-0.3, -0.25) is 0 Å². The second-order valence-electron chi connectivity index (χ2n) is 2.57. The van der Waals surface area contributed by atoms with E-state index in [0.717, 1.165) is 19.0 Å². The Morgan fingerprint density at radius 3 is 2.50 bits per heavy atom. The molecule has 72 valence electrons. The Kier molecular flexibility index (Phi) is 3.27. The van der Waals surface area contributed by atoms with Crippen LogP contribution in [-0.4, -0.2) is 4.98 Å². The van der Waals surface area contributed by atoms with Gasteiger partial charge in [0.15, 0.2) is 3.92 Å². The largest absolute Gasteiger partial charge is 0.228 e. The van der Waals surface area contributed by atoms with Crippen LogP contribution in [0.15, 0.2) is 32.0 Å². The van der Waals surface area contributed by atoms with E-state index in [4.69, 9.17) is 11.6 Å². The van der Waals surface area contributed by atoms with E-state index >= 15 is 0 Å². The van der Waals surface area contributed by atoms with Crippen LogP contribution in [0, 0.1) is 0 Å². The van der Waals surface area contributed by atoms with E-state index in [1.807, 2.05) is 24.3 Å². The number of aromatic nitrogens is 1. The van der Waals surface area contributed by atoms with Crippen LogP contribution < -0.4 is 0 Å². The zero-order chi connectivity index (χ0) is 10.1. The van der Waals surface area contributed by atoms with E-state index in [-0.39, 0.29) is 0 Å². The van der Waals surface area contributed by atoms with Crippen molar-refractivity contribution in [3.8, 4) is 11.3 Å². The molecule has 0 aliphatic heterocycles. The van der Waals surface area contributed by atoms with E-state index in [2.05, 4.69) is 36.8 Å². The summed E-state index contributed by atoms with van der Waals surface area (Å²) >= 11 is 14.4. The minimum absolute atomic E-state index is 0.714. The van der Waals surface area contributed by atoms with Crippen molar-refractivity contribution >= 4 is 54.8 Å². The van der Waals surface area contributed by atoms with Gasteiger partial charge in [-0.25, -0.2) is 4.98 Å². The van der Waals surface area contributed by atoms with Gasteiger partial charge in [-0.1, -0.05) is 41.1 Å². The highest BCUT2D eigenvalue weighted by molar-refractivity contribution is 9.12. The molecule has 0 fully saturated rings. The Morgan fingerprint density at radius 1 is 1.21 bits per heavy atom. The highest BCUT2D eigenvalue weighted by atomic mass is 79.9. The van der Waals surface area contributed by atoms with Gasteiger partial charge >= 0.3 is 0 Å². The summed E-state index contributed by atoms with van der Waals surface area (Å²) < 4.78 is 1.83. The highest BCUT2D eigenvalue weighted by Gasteiger charge is 2.11. The van der Waals surface area contributed by atoms with Gasteiger partial charge in [-0.2, -0.15) is 0 Å². The topological polar surface area (TPSA) is 12.9 Å². The van der Waals surface area contributed by atoms with Crippen molar-refractivity contribution < 1.29 is 0 Å². The van der Waals surface area contributed by atoms with Crippen LogP contribution in [0.5, 0.6) is 0 Å². The Morgan fingerprint density at radius 2 is 1.93 bits per heavy atom. The molecule has 0 radical (unpaired) electrons. The van der Waals surface area contributed by atoms with Gasteiger partial charge in [-0.15, -0.1) is 0 Å². The van der Waals surface area contributed by atoms with Gasteiger partial charge < -0.3 is 0 Å². The molecule has 0 saturated carbocycles. The molecule has 1 nitrogen and oxygen atoms in total. The summed E-state index contributed by atoms with van der Waals surface area (Å²) in [6, 6.07) is 7.66. The summed E-state index contributed by atoms with van der Waals surface area (Å²) in [5.41, 5.74) is 1.83. The zero-order valence-electron chi connectivity index (χ0n) is 6.80. The van der Waals surface area contributed by atoms with Crippen molar-refractivity contribution in [2.75, 3.05) is 0 Å². The summed E-state index contributed by atoms with van der Waals surface area (Å²) in [4.78, 5) is 4.35. The average Bonchev–Trinajstić information content (AvgIpc) is 2.46. The van der Waals surface area contributed by atoms with Crippen LogP contribution in [0.3, 0.4) is 0 Å². The first-order chi connectivity index (χ1) is 6.68. The van der Waals surface area contributed by atoms with Crippen molar-refractivity contribution in [3.63, 3.8) is 0 Å². The molecule has 0 unspecified atom stereocenters. The van der Waals surface area contributed by atoms with E-state index in [1.54, 1.807) is 0 Å². The van der Waals surface area contributed by atoms with E-state index in [1.165, 1.54) is 11.3 Å². The summed E-state index contributed by atoms with van der Waals surface area (Å²) in [5, 5.41) is 0.714. The minimum Gasteiger partial charge on any atom is -0.228 e. The third-order valence-electron chi connectivity index (χ3n) is 1.69. The molecule has 1 aromatic carbocycles. The number of halogens is 3. The monoisotopic (exact) mass is 351 g/mol. The quantitative estimate of drug-likeness (QED) is 0.704. The molecular weight excluding hydrogens is 349 g/mol. The van der Waals surface area contributed by atoms with Gasteiger partial charge in [0.1, 0.15) is 0 Å². The number of thiazole rings is 1. The molecule has 14 heavy (non-hydrogen) atoms. The molecule has 0 saturated heterocycles. The fourth-order valence-corrected chi connectivity index (χ4v) is 3.94. The number of benzene rings is 1. The van der Waals surface area contributed by atoms with Gasteiger partial charge in [0.05, 0.1) is 14.5 Å². The van der Waals surface area contributed by atoms with Gasteiger partial charge in [-0.05, 0) is 37.9 Å². The molecule has 2 rings (SSSR count). The minimum atomic E-state index is 0.714. The fraction of sp³-hybridized carbons (Fsp3) is 0. The highest BCUT2D eigenvalue weighted by Crippen LogP contribution is 2.37. The maximum atomic E-state index is 6.07. The molecule has 2 aromatic rings. The molecular formula is C9H4Br2ClNS. The standard InChI is InChI=1S/C9H4Br2ClNS/c10-8-7(13-9(11)14-8)5-3-1-2-4-6(5)12/h1-4H. The van der Waals surface area contributed by atoms with Crippen molar-refractivity contribution in [2.45, 2.75) is 0 Å². The van der Waals surface area contributed by atoms with E-state index in [0.29, 0.717) is 5.02 Å². The Balaban J connectivity index is 2.60. The predicted octanol–water partition coefficient (Wildman–Crippen LogP) is 4.99. The van der Waals surface area contributed by atoms with Gasteiger partial charge in [0.25, 0.3) is 0 Å². The predicted molar refractivity (Wildman–Crippen MR) is 68.0 cm³/mol. The average molecular weight is 353 g/mol. The van der Waals surface area contributed by atoms with Crippen molar-refractivity contribution in [1.29, 1.82) is 0 Å².